The summed E-state index contributed by atoms with van der Waals surface area (Å²) >= 11 is 0. The number of hydrogen-bond donors (Lipinski definition) is 2. The van der Waals surface area contributed by atoms with Crippen molar-refractivity contribution in [3.05, 3.63) is 34.9 Å². The molecule has 0 bridgehead atoms. The molecule has 2 heterocycles. The van der Waals surface area contributed by atoms with Crippen molar-refractivity contribution in [2.24, 2.45) is 11.1 Å². The Hall–Kier alpha value is -2.58. The number of nitrogens with two attached hydrogens (primary N) is 1. The second kappa shape index (κ2) is 9.23. The molecule has 3 N–H and O–H groups in total. The number of carbonyl (C=O) groups is 2. The Balaban J connectivity index is 1.28. The molecule has 0 spiro atoms. The molecule has 1 aromatic rings. The Labute approximate surface area is 200 Å². The summed E-state index contributed by atoms with van der Waals surface area (Å²) in [6, 6.07) is 4.08. The molecule has 184 valence electrons. The zero-order chi connectivity index (χ0) is 23.9. The Morgan fingerprint density at radius 2 is 2.03 bits per heavy atom. The summed E-state index contributed by atoms with van der Waals surface area (Å²) < 4.78 is 17.6. The number of methoxy groups -OCH3 is 1. The van der Waals surface area contributed by atoms with Gasteiger partial charge in [0.1, 0.15) is 12.2 Å². The van der Waals surface area contributed by atoms with Crippen LogP contribution in [0.2, 0.25) is 0 Å². The molecule has 0 saturated heterocycles. The molecule has 2 aliphatic carbocycles. The van der Waals surface area contributed by atoms with Gasteiger partial charge in [-0.2, -0.15) is 0 Å². The molecule has 8 nitrogen and oxygen atoms in total. The zero-order valence-electron chi connectivity index (χ0n) is 20.1. The topological polar surface area (TPSA) is 103 Å². The molecule has 2 aliphatic heterocycles. The number of carbonyl (C=O) groups excluding carboxylic acids is 2. The number of nitrogens with one attached hydrogen (secondary N) is 1. The maximum atomic E-state index is 12.6. The Kier molecular flexibility index (Phi) is 6.29. The molecular formula is C26H35N3O5. The third-order valence-corrected chi connectivity index (χ3v) is 7.96. The van der Waals surface area contributed by atoms with Gasteiger partial charge in [0, 0.05) is 37.4 Å². The SMILES string of the molecule is COc1ccc2c3c1OC1CC(OC(=O)NC(=O)CC4(CN)CCCCC4)C=C(CN(C)C2)C31. The quantitative estimate of drug-likeness (QED) is 0.638. The van der Waals surface area contributed by atoms with Gasteiger partial charge in [0.15, 0.2) is 11.5 Å². The fourth-order valence-corrected chi connectivity index (χ4v) is 6.35. The predicted molar refractivity (Wildman–Crippen MR) is 127 cm³/mol. The van der Waals surface area contributed by atoms with Crippen LogP contribution in [0.15, 0.2) is 23.8 Å². The highest BCUT2D eigenvalue weighted by Gasteiger charge is 2.46. The van der Waals surface area contributed by atoms with Gasteiger partial charge in [-0.05, 0) is 55.1 Å². The van der Waals surface area contributed by atoms with Crippen molar-refractivity contribution in [1.29, 1.82) is 0 Å². The van der Waals surface area contributed by atoms with Crippen LogP contribution in [0.25, 0.3) is 0 Å². The lowest BCUT2D eigenvalue weighted by molar-refractivity contribution is -0.123. The van der Waals surface area contributed by atoms with Crippen LogP contribution in [-0.4, -0.2) is 56.4 Å². The maximum absolute atomic E-state index is 12.6. The maximum Gasteiger partial charge on any atom is 0.414 e. The molecule has 0 radical (unpaired) electrons. The van der Waals surface area contributed by atoms with Gasteiger partial charge in [-0.3, -0.25) is 15.0 Å². The number of alkyl carbamates (subject to hydrolysis) is 1. The molecule has 2 amide bonds. The van der Waals surface area contributed by atoms with Gasteiger partial charge < -0.3 is 19.9 Å². The van der Waals surface area contributed by atoms with Gasteiger partial charge in [-0.1, -0.05) is 25.3 Å². The number of ether oxygens (including phenoxy) is 3. The fourth-order valence-electron chi connectivity index (χ4n) is 6.35. The third-order valence-electron chi connectivity index (χ3n) is 7.96. The van der Waals surface area contributed by atoms with Crippen LogP contribution in [0, 0.1) is 5.41 Å². The first-order valence-electron chi connectivity index (χ1n) is 12.4. The molecule has 1 saturated carbocycles. The van der Waals surface area contributed by atoms with Crippen LogP contribution >= 0.6 is 0 Å². The lowest BCUT2D eigenvalue weighted by Gasteiger charge is -2.35. The van der Waals surface area contributed by atoms with Crippen molar-refractivity contribution in [1.82, 2.24) is 10.2 Å². The molecule has 5 rings (SSSR count). The lowest BCUT2D eigenvalue weighted by Crippen LogP contribution is -2.42. The van der Waals surface area contributed by atoms with Crippen molar-refractivity contribution in [2.45, 2.75) is 69.6 Å². The van der Waals surface area contributed by atoms with Gasteiger partial charge in [0.25, 0.3) is 0 Å². The Bertz CT molecular complexity index is 1000. The van der Waals surface area contributed by atoms with Crippen molar-refractivity contribution in [3.63, 3.8) is 0 Å². The molecule has 3 atom stereocenters. The van der Waals surface area contributed by atoms with Gasteiger partial charge >= 0.3 is 6.09 Å². The minimum atomic E-state index is -0.705. The normalized spacial score (nSPS) is 27.0. The third kappa shape index (κ3) is 4.29. The summed E-state index contributed by atoms with van der Waals surface area (Å²) in [6.45, 7) is 2.05. The first-order chi connectivity index (χ1) is 16.4. The largest absolute Gasteiger partial charge is 0.493 e. The highest BCUT2D eigenvalue weighted by molar-refractivity contribution is 5.92. The van der Waals surface area contributed by atoms with Gasteiger partial charge in [0.2, 0.25) is 5.91 Å². The minimum absolute atomic E-state index is 0.130. The highest BCUT2D eigenvalue weighted by atomic mass is 16.6. The first kappa shape index (κ1) is 23.2. The second-order valence-corrected chi connectivity index (χ2v) is 10.4. The van der Waals surface area contributed by atoms with E-state index < -0.39 is 12.2 Å². The summed E-state index contributed by atoms with van der Waals surface area (Å²) in [6.07, 6.45) is 6.74. The average Bonchev–Trinajstić information content (AvgIpc) is 3.12. The monoisotopic (exact) mass is 469 g/mol. The number of nitrogens with zero attached hydrogens (tertiary/aromatic N) is 1. The minimum Gasteiger partial charge on any atom is -0.493 e. The number of likely N-dealkylation sites (N-methyl/N-ethyl adjacent to an activating group) is 1. The van der Waals surface area contributed by atoms with Crippen LogP contribution in [0.1, 0.15) is 62.0 Å². The Morgan fingerprint density at radius 3 is 2.76 bits per heavy atom. The lowest BCUT2D eigenvalue weighted by atomic mass is 9.72. The molecule has 8 heteroatoms. The van der Waals surface area contributed by atoms with Crippen LogP contribution in [-0.2, 0) is 16.1 Å². The highest BCUT2D eigenvalue weighted by Crippen LogP contribution is 2.53. The van der Waals surface area contributed by atoms with Crippen molar-refractivity contribution in [3.8, 4) is 11.5 Å². The van der Waals surface area contributed by atoms with E-state index in [-0.39, 0.29) is 29.8 Å². The van der Waals surface area contributed by atoms with Crippen molar-refractivity contribution in [2.75, 3.05) is 27.2 Å². The van der Waals surface area contributed by atoms with Crippen molar-refractivity contribution >= 4 is 12.0 Å². The summed E-state index contributed by atoms with van der Waals surface area (Å²) in [5.41, 5.74) is 9.42. The average molecular weight is 470 g/mol. The Morgan fingerprint density at radius 1 is 1.24 bits per heavy atom. The van der Waals surface area contributed by atoms with Gasteiger partial charge in [-0.25, -0.2) is 4.79 Å². The standard InChI is InChI=1S/C26H35N3O5/c1-29-13-16-6-7-19(32-2)24-23(16)22-17(14-29)10-18(11-20(22)34-24)33-25(31)28-21(30)12-26(15-27)8-4-3-5-9-26/h6-7,10,18,20,22H,3-5,8-9,11-15,27H2,1-2H3,(H,28,30,31). The first-order valence-corrected chi connectivity index (χ1v) is 12.4. The molecule has 1 aromatic carbocycles. The smallest absolute Gasteiger partial charge is 0.414 e. The van der Waals surface area contributed by atoms with Crippen LogP contribution in [0.3, 0.4) is 0 Å². The summed E-state index contributed by atoms with van der Waals surface area (Å²) in [4.78, 5) is 27.5. The fraction of sp³-hybridized carbons (Fsp3) is 0.615. The molecule has 0 aromatic heterocycles. The molecule has 1 fully saturated rings. The van der Waals surface area contributed by atoms with Gasteiger partial charge in [-0.15, -0.1) is 0 Å². The van der Waals surface area contributed by atoms with E-state index in [0.29, 0.717) is 13.0 Å². The van der Waals surface area contributed by atoms with E-state index in [0.717, 1.165) is 50.3 Å². The number of hydrogen-bond acceptors (Lipinski definition) is 7. The molecule has 3 unspecified atom stereocenters. The number of amides is 2. The van der Waals surface area contributed by atoms with Crippen molar-refractivity contribution < 1.29 is 23.8 Å². The van der Waals surface area contributed by atoms with Crippen LogP contribution in [0.5, 0.6) is 11.5 Å². The summed E-state index contributed by atoms with van der Waals surface area (Å²) in [7, 11) is 3.74. The second-order valence-electron chi connectivity index (χ2n) is 10.4. The van der Waals surface area contributed by atoms with E-state index in [9.17, 15) is 9.59 Å². The van der Waals surface area contributed by atoms with E-state index in [1.807, 2.05) is 12.1 Å². The number of benzene rings is 1. The van der Waals surface area contributed by atoms with Crippen LogP contribution in [0.4, 0.5) is 4.79 Å². The molecule has 4 aliphatic rings. The summed E-state index contributed by atoms with van der Waals surface area (Å²) in [5, 5.41) is 2.44. The van der Waals surface area contributed by atoms with E-state index in [1.165, 1.54) is 23.1 Å². The van der Waals surface area contributed by atoms with Crippen LogP contribution < -0.4 is 20.5 Å². The number of imide groups is 1. The predicted octanol–water partition coefficient (Wildman–Crippen LogP) is 3.24. The van der Waals surface area contributed by atoms with E-state index >= 15 is 0 Å². The molecule has 34 heavy (non-hydrogen) atoms. The summed E-state index contributed by atoms with van der Waals surface area (Å²) in [5.74, 6) is 1.35. The molecular weight excluding hydrogens is 434 g/mol. The van der Waals surface area contributed by atoms with E-state index in [1.54, 1.807) is 7.11 Å². The van der Waals surface area contributed by atoms with E-state index in [2.05, 4.69) is 23.3 Å². The van der Waals surface area contributed by atoms with Gasteiger partial charge in [0.05, 0.1) is 7.11 Å². The van der Waals surface area contributed by atoms with E-state index in [4.69, 9.17) is 19.9 Å². The number of rotatable bonds is 5. The zero-order valence-corrected chi connectivity index (χ0v) is 20.1.